The molecule has 0 radical (unpaired) electrons. The van der Waals surface area contributed by atoms with Crippen LogP contribution in [0.25, 0.3) is 0 Å². The number of phenolic OH excluding ortho intramolecular Hbond substituents is 2. The van der Waals surface area contributed by atoms with Crippen LogP contribution in [0.3, 0.4) is 0 Å². The SMILES string of the molecule is CSC(C)(C)CNCc1ccc(O)cc1O. The summed E-state index contributed by atoms with van der Waals surface area (Å²) in [5.74, 6) is 0.222. The molecular weight excluding hydrogens is 222 g/mol. The van der Waals surface area contributed by atoms with Gasteiger partial charge in [0.2, 0.25) is 0 Å². The van der Waals surface area contributed by atoms with Crippen LogP contribution in [0.2, 0.25) is 0 Å². The zero-order chi connectivity index (χ0) is 12.2. The van der Waals surface area contributed by atoms with E-state index in [-0.39, 0.29) is 16.2 Å². The number of thioether (sulfide) groups is 1. The number of aromatic hydroxyl groups is 2. The van der Waals surface area contributed by atoms with Crippen LogP contribution < -0.4 is 5.32 Å². The van der Waals surface area contributed by atoms with Gasteiger partial charge in [-0.1, -0.05) is 6.07 Å². The van der Waals surface area contributed by atoms with Crippen molar-refractivity contribution in [3.63, 3.8) is 0 Å². The maximum Gasteiger partial charge on any atom is 0.123 e. The van der Waals surface area contributed by atoms with Gasteiger partial charge in [-0.3, -0.25) is 0 Å². The van der Waals surface area contributed by atoms with Crippen LogP contribution in [-0.2, 0) is 6.54 Å². The maximum absolute atomic E-state index is 9.57. The minimum absolute atomic E-state index is 0.0886. The summed E-state index contributed by atoms with van der Waals surface area (Å²) >= 11 is 1.80. The Balaban J connectivity index is 2.49. The maximum atomic E-state index is 9.57. The van der Waals surface area contributed by atoms with Crippen molar-refractivity contribution in [1.29, 1.82) is 0 Å². The van der Waals surface area contributed by atoms with Gasteiger partial charge in [-0.05, 0) is 26.2 Å². The summed E-state index contributed by atoms with van der Waals surface area (Å²) in [5.41, 5.74) is 0.801. The molecule has 0 spiro atoms. The number of hydrogen-bond acceptors (Lipinski definition) is 4. The van der Waals surface area contributed by atoms with Gasteiger partial charge in [0, 0.05) is 29.5 Å². The number of nitrogens with one attached hydrogen (secondary N) is 1. The topological polar surface area (TPSA) is 52.5 Å². The third-order valence-electron chi connectivity index (χ3n) is 2.49. The molecule has 0 unspecified atom stereocenters. The molecule has 1 aromatic carbocycles. The van der Waals surface area contributed by atoms with Crippen molar-refractivity contribution in [2.45, 2.75) is 25.1 Å². The Hall–Kier alpha value is -0.870. The van der Waals surface area contributed by atoms with Crippen molar-refractivity contribution >= 4 is 11.8 Å². The van der Waals surface area contributed by atoms with Crippen LogP contribution in [-0.4, -0.2) is 27.8 Å². The summed E-state index contributed by atoms with van der Waals surface area (Å²) in [6.07, 6.45) is 2.08. The van der Waals surface area contributed by atoms with Crippen molar-refractivity contribution in [3.8, 4) is 11.5 Å². The van der Waals surface area contributed by atoms with E-state index < -0.39 is 0 Å². The highest BCUT2D eigenvalue weighted by Crippen LogP contribution is 2.23. The first-order valence-corrected chi connectivity index (χ1v) is 6.44. The molecule has 0 saturated carbocycles. The lowest BCUT2D eigenvalue weighted by Gasteiger charge is -2.22. The Morgan fingerprint density at radius 1 is 1.31 bits per heavy atom. The molecule has 0 atom stereocenters. The highest BCUT2D eigenvalue weighted by molar-refractivity contribution is 7.99. The van der Waals surface area contributed by atoms with Crippen molar-refractivity contribution in [2.75, 3.05) is 12.8 Å². The van der Waals surface area contributed by atoms with Crippen molar-refractivity contribution in [2.24, 2.45) is 0 Å². The molecule has 0 aliphatic carbocycles. The van der Waals surface area contributed by atoms with E-state index in [1.807, 2.05) is 0 Å². The molecule has 0 amide bonds. The van der Waals surface area contributed by atoms with E-state index in [1.54, 1.807) is 23.9 Å². The Kier molecular flexibility index (Phi) is 4.50. The van der Waals surface area contributed by atoms with Gasteiger partial charge < -0.3 is 15.5 Å². The third kappa shape index (κ3) is 3.94. The van der Waals surface area contributed by atoms with Gasteiger partial charge in [-0.2, -0.15) is 11.8 Å². The minimum atomic E-state index is 0.0886. The zero-order valence-electron chi connectivity index (χ0n) is 9.95. The number of rotatable bonds is 5. The average Bonchev–Trinajstić information content (AvgIpc) is 2.21. The van der Waals surface area contributed by atoms with E-state index in [9.17, 15) is 5.11 Å². The summed E-state index contributed by atoms with van der Waals surface area (Å²) in [4.78, 5) is 0. The number of hydrogen-bond donors (Lipinski definition) is 3. The van der Waals surface area contributed by atoms with Gasteiger partial charge >= 0.3 is 0 Å². The lowest BCUT2D eigenvalue weighted by molar-refractivity contribution is 0.443. The highest BCUT2D eigenvalue weighted by atomic mass is 32.2. The molecule has 0 bridgehead atoms. The fourth-order valence-corrected chi connectivity index (χ4v) is 1.52. The fraction of sp³-hybridized carbons (Fsp3) is 0.500. The summed E-state index contributed by atoms with van der Waals surface area (Å²) < 4.78 is 0.187. The van der Waals surface area contributed by atoms with Gasteiger partial charge in [-0.15, -0.1) is 0 Å². The van der Waals surface area contributed by atoms with Crippen molar-refractivity contribution in [1.82, 2.24) is 5.32 Å². The molecule has 0 heterocycles. The molecular formula is C12H19NO2S. The summed E-state index contributed by atoms with van der Waals surface area (Å²) in [7, 11) is 0. The molecule has 90 valence electrons. The van der Waals surface area contributed by atoms with Gasteiger partial charge in [0.25, 0.3) is 0 Å². The first-order valence-electron chi connectivity index (χ1n) is 5.21. The predicted molar refractivity (Wildman–Crippen MR) is 69.1 cm³/mol. The van der Waals surface area contributed by atoms with Crippen molar-refractivity contribution in [3.05, 3.63) is 23.8 Å². The lowest BCUT2D eigenvalue weighted by Crippen LogP contribution is -2.31. The number of phenols is 2. The molecule has 1 rings (SSSR count). The van der Waals surface area contributed by atoms with Crippen LogP contribution in [0.5, 0.6) is 11.5 Å². The fourth-order valence-electron chi connectivity index (χ4n) is 1.27. The normalized spacial score (nSPS) is 11.7. The molecule has 3 nitrogen and oxygen atoms in total. The first kappa shape index (κ1) is 13.2. The number of benzene rings is 1. The van der Waals surface area contributed by atoms with E-state index in [4.69, 9.17) is 5.11 Å². The second kappa shape index (κ2) is 5.46. The summed E-state index contributed by atoms with van der Waals surface area (Å²) in [5, 5.41) is 22.0. The second-order valence-corrected chi connectivity index (χ2v) is 5.89. The largest absolute Gasteiger partial charge is 0.508 e. The van der Waals surface area contributed by atoms with Crippen LogP contribution >= 0.6 is 11.8 Å². The third-order valence-corrected chi connectivity index (χ3v) is 3.74. The molecule has 0 aliphatic heterocycles. The molecule has 1 aromatic rings. The molecule has 3 N–H and O–H groups in total. The quantitative estimate of drug-likeness (QED) is 0.740. The summed E-state index contributed by atoms with van der Waals surface area (Å²) in [6, 6.07) is 4.66. The van der Waals surface area contributed by atoms with Gasteiger partial charge in [0.05, 0.1) is 0 Å². The molecule has 0 aromatic heterocycles. The lowest BCUT2D eigenvalue weighted by atomic mass is 10.1. The van der Waals surface area contributed by atoms with Gasteiger partial charge in [0.15, 0.2) is 0 Å². The molecule has 16 heavy (non-hydrogen) atoms. The second-order valence-electron chi connectivity index (χ2n) is 4.38. The highest BCUT2D eigenvalue weighted by Gasteiger charge is 2.15. The minimum Gasteiger partial charge on any atom is -0.508 e. The van der Waals surface area contributed by atoms with Gasteiger partial charge in [-0.25, -0.2) is 0 Å². The van der Waals surface area contributed by atoms with Crippen LogP contribution in [0, 0.1) is 0 Å². The van der Waals surface area contributed by atoms with Crippen LogP contribution in [0.1, 0.15) is 19.4 Å². The molecule has 0 fully saturated rings. The Labute approximate surface area is 101 Å². The van der Waals surface area contributed by atoms with Gasteiger partial charge in [0.1, 0.15) is 11.5 Å². The van der Waals surface area contributed by atoms with Crippen LogP contribution in [0.4, 0.5) is 0 Å². The van der Waals surface area contributed by atoms with E-state index in [2.05, 4.69) is 25.4 Å². The molecule has 4 heteroatoms. The van der Waals surface area contributed by atoms with E-state index >= 15 is 0 Å². The Morgan fingerprint density at radius 3 is 2.56 bits per heavy atom. The Bertz CT molecular complexity index is 353. The zero-order valence-corrected chi connectivity index (χ0v) is 10.8. The molecule has 0 aliphatic rings. The first-order chi connectivity index (χ1) is 7.44. The Morgan fingerprint density at radius 2 is 2.00 bits per heavy atom. The predicted octanol–water partition coefficient (Wildman–Crippen LogP) is 2.33. The van der Waals surface area contributed by atoms with Crippen LogP contribution in [0.15, 0.2) is 18.2 Å². The monoisotopic (exact) mass is 241 g/mol. The van der Waals surface area contributed by atoms with E-state index in [0.29, 0.717) is 6.54 Å². The average molecular weight is 241 g/mol. The van der Waals surface area contributed by atoms with Crippen molar-refractivity contribution < 1.29 is 10.2 Å². The smallest absolute Gasteiger partial charge is 0.123 e. The van der Waals surface area contributed by atoms with E-state index in [0.717, 1.165) is 12.1 Å². The van der Waals surface area contributed by atoms with E-state index in [1.165, 1.54) is 6.07 Å². The molecule has 0 saturated heterocycles. The standard InChI is InChI=1S/C12H19NO2S/c1-12(2,16-3)8-13-7-9-4-5-10(14)6-11(9)15/h4-6,13-15H,7-8H2,1-3H3. The summed E-state index contributed by atoms with van der Waals surface area (Å²) in [6.45, 7) is 5.81.